The van der Waals surface area contributed by atoms with Gasteiger partial charge < -0.3 is 19.7 Å². The first-order valence-electron chi connectivity index (χ1n) is 6.39. The Hall–Kier alpha value is -1.59. The van der Waals surface area contributed by atoms with Crippen molar-refractivity contribution in [3.63, 3.8) is 0 Å². The lowest BCUT2D eigenvalue weighted by Gasteiger charge is -2.27. The quantitative estimate of drug-likeness (QED) is 0.867. The number of carbonyl (C=O) groups is 1. The van der Waals surface area contributed by atoms with Crippen LogP contribution in [0.15, 0.2) is 24.3 Å². The summed E-state index contributed by atoms with van der Waals surface area (Å²) in [6, 6.07) is 7.51. The first-order valence-corrected chi connectivity index (χ1v) is 6.39. The summed E-state index contributed by atoms with van der Waals surface area (Å²) in [5, 5.41) is 3.17. The Bertz CT molecular complexity index is 430. The number of carbonyl (C=O) groups excluding carboxylic acids is 1. The number of morpholine rings is 1. The number of benzene rings is 1. The fourth-order valence-corrected chi connectivity index (χ4v) is 2.11. The number of ether oxygens (including phenoxy) is 2. The van der Waals surface area contributed by atoms with Gasteiger partial charge in [-0.3, -0.25) is 4.79 Å². The normalized spacial score (nSPS) is 18.9. The first-order chi connectivity index (χ1) is 9.20. The lowest BCUT2D eigenvalue weighted by Crippen LogP contribution is -2.51. The summed E-state index contributed by atoms with van der Waals surface area (Å²) in [5.74, 6) is 0.861. The van der Waals surface area contributed by atoms with Crippen LogP contribution in [0.25, 0.3) is 0 Å². The van der Waals surface area contributed by atoms with Crippen LogP contribution in [0.4, 0.5) is 0 Å². The number of nitrogens with zero attached hydrogens (tertiary/aromatic N) is 1. The second-order valence-corrected chi connectivity index (χ2v) is 4.63. The number of methoxy groups -OCH3 is 1. The maximum atomic E-state index is 12.2. The molecule has 5 nitrogen and oxygen atoms in total. The predicted octanol–water partition coefficient (Wildman–Crippen LogP) is 0.642. The van der Waals surface area contributed by atoms with Crippen molar-refractivity contribution in [3.05, 3.63) is 29.8 Å². The highest BCUT2D eigenvalue weighted by Gasteiger charge is 2.24. The zero-order valence-electron chi connectivity index (χ0n) is 11.4. The second kappa shape index (κ2) is 6.54. The zero-order valence-corrected chi connectivity index (χ0v) is 11.4. The molecule has 1 fully saturated rings. The zero-order chi connectivity index (χ0) is 13.7. The molecule has 104 valence electrons. The molecule has 0 spiro atoms. The smallest absolute Gasteiger partial charge is 0.242 e. The number of nitrogens with one attached hydrogen (secondary N) is 1. The van der Waals surface area contributed by atoms with Gasteiger partial charge in [0.1, 0.15) is 11.8 Å². The number of hydrogen-bond donors (Lipinski definition) is 1. The van der Waals surface area contributed by atoms with E-state index in [4.69, 9.17) is 9.47 Å². The molecule has 0 radical (unpaired) electrons. The lowest BCUT2D eigenvalue weighted by atomic mass is 10.2. The Morgan fingerprint density at radius 1 is 1.58 bits per heavy atom. The SMILES string of the molecule is COc1cccc(CN(C)C(=O)C2COCCN2)c1. The maximum absolute atomic E-state index is 12.2. The largest absolute Gasteiger partial charge is 0.497 e. The Kier molecular flexibility index (Phi) is 4.76. The van der Waals surface area contributed by atoms with E-state index in [9.17, 15) is 4.79 Å². The second-order valence-electron chi connectivity index (χ2n) is 4.63. The fourth-order valence-electron chi connectivity index (χ4n) is 2.11. The highest BCUT2D eigenvalue weighted by molar-refractivity contribution is 5.81. The summed E-state index contributed by atoms with van der Waals surface area (Å²) in [4.78, 5) is 13.9. The van der Waals surface area contributed by atoms with Gasteiger partial charge >= 0.3 is 0 Å². The molecule has 1 saturated heterocycles. The van der Waals surface area contributed by atoms with Gasteiger partial charge in [0.25, 0.3) is 0 Å². The molecule has 0 aliphatic carbocycles. The first kappa shape index (κ1) is 13.8. The summed E-state index contributed by atoms with van der Waals surface area (Å²) >= 11 is 0. The van der Waals surface area contributed by atoms with Crippen LogP contribution in [0.2, 0.25) is 0 Å². The van der Waals surface area contributed by atoms with Gasteiger partial charge in [-0.2, -0.15) is 0 Å². The van der Waals surface area contributed by atoms with Crippen LogP contribution < -0.4 is 10.1 Å². The van der Waals surface area contributed by atoms with Crippen LogP contribution in [0.3, 0.4) is 0 Å². The number of amides is 1. The molecule has 19 heavy (non-hydrogen) atoms. The third-order valence-corrected chi connectivity index (χ3v) is 3.15. The van der Waals surface area contributed by atoms with E-state index in [0.29, 0.717) is 19.8 Å². The molecule has 5 heteroatoms. The molecular formula is C14H20N2O3. The molecule has 1 aromatic carbocycles. The van der Waals surface area contributed by atoms with Crippen molar-refractivity contribution in [2.75, 3.05) is 33.9 Å². The van der Waals surface area contributed by atoms with E-state index in [1.54, 1.807) is 19.1 Å². The van der Waals surface area contributed by atoms with Crippen LogP contribution in [0.1, 0.15) is 5.56 Å². The van der Waals surface area contributed by atoms with Gasteiger partial charge in [0.05, 0.1) is 20.3 Å². The summed E-state index contributed by atoms with van der Waals surface area (Å²) < 4.78 is 10.5. The average Bonchev–Trinajstić information content (AvgIpc) is 2.47. The molecule has 1 heterocycles. The van der Waals surface area contributed by atoms with Crippen molar-refractivity contribution < 1.29 is 14.3 Å². The van der Waals surface area contributed by atoms with Gasteiger partial charge in [0.2, 0.25) is 5.91 Å². The standard InChI is InChI=1S/C14H20N2O3/c1-16(14(17)13-10-19-7-6-15-13)9-11-4-3-5-12(8-11)18-2/h3-5,8,13,15H,6-7,9-10H2,1-2H3. The molecular weight excluding hydrogens is 244 g/mol. The van der Waals surface area contributed by atoms with Crippen LogP contribution in [-0.4, -0.2) is 50.8 Å². The molecule has 1 aromatic rings. The van der Waals surface area contributed by atoms with Crippen molar-refractivity contribution in [1.82, 2.24) is 10.2 Å². The Morgan fingerprint density at radius 2 is 2.42 bits per heavy atom. The highest BCUT2D eigenvalue weighted by atomic mass is 16.5. The Labute approximate surface area is 113 Å². The Balaban J connectivity index is 1.95. The molecule has 0 aromatic heterocycles. The van der Waals surface area contributed by atoms with E-state index in [2.05, 4.69) is 5.32 Å². The van der Waals surface area contributed by atoms with Crippen molar-refractivity contribution >= 4 is 5.91 Å². The van der Waals surface area contributed by atoms with Crippen LogP contribution in [0.5, 0.6) is 5.75 Å². The highest BCUT2D eigenvalue weighted by Crippen LogP contribution is 2.14. The van der Waals surface area contributed by atoms with Gasteiger partial charge in [-0.25, -0.2) is 0 Å². The third kappa shape index (κ3) is 3.68. The van der Waals surface area contributed by atoms with E-state index in [0.717, 1.165) is 17.9 Å². The monoisotopic (exact) mass is 264 g/mol. The van der Waals surface area contributed by atoms with E-state index >= 15 is 0 Å². The summed E-state index contributed by atoms with van der Waals surface area (Å²) in [6.07, 6.45) is 0. The number of rotatable bonds is 4. The van der Waals surface area contributed by atoms with Crippen LogP contribution in [-0.2, 0) is 16.1 Å². The molecule has 2 rings (SSSR count). The van der Waals surface area contributed by atoms with Gasteiger partial charge in [0, 0.05) is 20.1 Å². The summed E-state index contributed by atoms with van der Waals surface area (Å²) in [5.41, 5.74) is 1.05. The molecule has 1 atom stereocenters. The number of likely N-dealkylation sites (N-methyl/N-ethyl adjacent to an activating group) is 1. The van der Waals surface area contributed by atoms with E-state index < -0.39 is 0 Å². The maximum Gasteiger partial charge on any atom is 0.242 e. The van der Waals surface area contributed by atoms with Crippen molar-refractivity contribution in [2.24, 2.45) is 0 Å². The predicted molar refractivity (Wildman–Crippen MR) is 72.1 cm³/mol. The molecule has 1 aliphatic heterocycles. The molecule has 0 bridgehead atoms. The lowest BCUT2D eigenvalue weighted by molar-refractivity contribution is -0.135. The minimum Gasteiger partial charge on any atom is -0.497 e. The van der Waals surface area contributed by atoms with Crippen molar-refractivity contribution in [3.8, 4) is 5.75 Å². The van der Waals surface area contributed by atoms with Gasteiger partial charge in [-0.15, -0.1) is 0 Å². The topological polar surface area (TPSA) is 50.8 Å². The van der Waals surface area contributed by atoms with E-state index in [1.165, 1.54) is 0 Å². The molecule has 0 saturated carbocycles. The average molecular weight is 264 g/mol. The van der Waals surface area contributed by atoms with Crippen molar-refractivity contribution in [2.45, 2.75) is 12.6 Å². The summed E-state index contributed by atoms with van der Waals surface area (Å²) in [6.45, 7) is 2.41. The molecule has 1 aliphatic rings. The minimum atomic E-state index is -0.232. The van der Waals surface area contributed by atoms with Gasteiger partial charge in [-0.1, -0.05) is 12.1 Å². The van der Waals surface area contributed by atoms with Crippen molar-refractivity contribution in [1.29, 1.82) is 0 Å². The Morgan fingerprint density at radius 3 is 3.11 bits per heavy atom. The molecule has 1 N–H and O–H groups in total. The minimum absolute atomic E-state index is 0.0579. The molecule has 1 unspecified atom stereocenters. The fraction of sp³-hybridized carbons (Fsp3) is 0.500. The molecule has 1 amide bonds. The van der Waals surface area contributed by atoms with Crippen LogP contribution in [0, 0.1) is 0 Å². The van der Waals surface area contributed by atoms with Crippen LogP contribution >= 0.6 is 0 Å². The van der Waals surface area contributed by atoms with Gasteiger partial charge in [0.15, 0.2) is 0 Å². The number of hydrogen-bond acceptors (Lipinski definition) is 4. The third-order valence-electron chi connectivity index (χ3n) is 3.15. The summed E-state index contributed by atoms with van der Waals surface area (Å²) in [7, 11) is 3.44. The van der Waals surface area contributed by atoms with Gasteiger partial charge in [-0.05, 0) is 17.7 Å². The van der Waals surface area contributed by atoms with E-state index in [1.807, 2.05) is 24.3 Å². The van der Waals surface area contributed by atoms with E-state index in [-0.39, 0.29) is 11.9 Å².